The van der Waals surface area contributed by atoms with Crippen LogP contribution in [0, 0.1) is 47.3 Å². The van der Waals surface area contributed by atoms with Gasteiger partial charge in [-0.25, -0.2) is 4.68 Å². The predicted molar refractivity (Wildman–Crippen MR) is 124 cm³/mol. The second-order valence-electron chi connectivity index (χ2n) is 12.1. The summed E-state index contributed by atoms with van der Waals surface area (Å²) in [6, 6.07) is -0.294. The number of Topliss-reactive ketones (excluding diaryl/α,β-unsaturated/α-hetero) is 1. The fourth-order valence-electron chi connectivity index (χ4n) is 9.11. The van der Waals surface area contributed by atoms with Gasteiger partial charge in [0.25, 0.3) is 0 Å². The van der Waals surface area contributed by atoms with Gasteiger partial charge in [-0.05, 0) is 117 Å². The Kier molecular flexibility index (Phi) is 5.79. The number of aryl methyl sites for hydroxylation is 1. The maximum atomic E-state index is 13.4. The van der Waals surface area contributed by atoms with E-state index in [2.05, 4.69) is 22.4 Å². The lowest BCUT2D eigenvalue weighted by molar-refractivity contribution is -0.185. The second kappa shape index (κ2) is 8.15. The quantitative estimate of drug-likeness (QED) is 0.688. The van der Waals surface area contributed by atoms with E-state index in [4.69, 9.17) is 12.6 Å². The Morgan fingerprint density at radius 1 is 1.18 bits per heavy atom. The van der Waals surface area contributed by atoms with Crippen LogP contribution in [0.1, 0.15) is 77.5 Å². The van der Waals surface area contributed by atoms with Crippen LogP contribution in [0.15, 0.2) is 0 Å². The Morgan fingerprint density at radius 2 is 1.97 bits per heavy atom. The normalized spacial score (nSPS) is 45.7. The minimum atomic E-state index is -0.600. The minimum absolute atomic E-state index is 0.0333. The molecule has 0 amide bonds. The third-order valence-electron chi connectivity index (χ3n) is 10.7. The molecule has 7 nitrogen and oxygen atoms in total. The first kappa shape index (κ1) is 23.5. The van der Waals surface area contributed by atoms with Crippen molar-refractivity contribution in [2.45, 2.75) is 96.7 Å². The molecule has 33 heavy (non-hydrogen) atoms. The van der Waals surface area contributed by atoms with E-state index in [0.29, 0.717) is 29.5 Å². The summed E-state index contributed by atoms with van der Waals surface area (Å²) in [5, 5.41) is 22.5. The number of hydrogen-bond acceptors (Lipinski definition) is 6. The molecule has 1 aromatic heterocycles. The third kappa shape index (κ3) is 3.53. The number of ether oxygens (including phenoxy) is 1. The lowest BCUT2D eigenvalue weighted by Gasteiger charge is -2.64. The molecule has 5 rings (SSSR count). The number of nitrogens with zero attached hydrogens (tertiary/aromatic N) is 4. The van der Waals surface area contributed by atoms with Crippen molar-refractivity contribution in [1.82, 2.24) is 20.2 Å². The second-order valence-corrected chi connectivity index (χ2v) is 12.1. The molecule has 4 fully saturated rings. The van der Waals surface area contributed by atoms with Crippen LogP contribution in [0.3, 0.4) is 0 Å². The molecule has 0 aliphatic heterocycles. The Bertz CT molecular complexity index is 906. The van der Waals surface area contributed by atoms with Crippen molar-refractivity contribution >= 4 is 13.6 Å². The molecule has 4 aliphatic rings. The van der Waals surface area contributed by atoms with Crippen molar-refractivity contribution in [2.75, 3.05) is 7.11 Å². The lowest BCUT2D eigenvalue weighted by atomic mass is 9.40. The van der Waals surface area contributed by atoms with Gasteiger partial charge in [-0.1, -0.05) is 6.92 Å². The van der Waals surface area contributed by atoms with Gasteiger partial charge in [-0.3, -0.25) is 4.79 Å². The number of ketones is 1. The molecule has 4 aliphatic carbocycles. The fraction of sp³-hybridized carbons (Fsp3) is 0.920. The molecular weight excluding hydrogens is 415 g/mol. The highest BCUT2D eigenvalue weighted by atomic mass is 16.5. The van der Waals surface area contributed by atoms with Crippen molar-refractivity contribution in [3.8, 4) is 0 Å². The van der Waals surface area contributed by atoms with Crippen molar-refractivity contribution in [3.05, 3.63) is 5.82 Å². The van der Waals surface area contributed by atoms with Gasteiger partial charge in [0.2, 0.25) is 0 Å². The summed E-state index contributed by atoms with van der Waals surface area (Å²) in [4.78, 5) is 13.4. The number of aromatic nitrogens is 4. The van der Waals surface area contributed by atoms with Crippen molar-refractivity contribution < 1.29 is 14.6 Å². The van der Waals surface area contributed by atoms with E-state index in [0.717, 1.165) is 51.4 Å². The van der Waals surface area contributed by atoms with Crippen molar-refractivity contribution in [2.24, 2.45) is 40.4 Å². The standard InChI is InChI=1S/C25H39BN4O3/c1-15-27-28-29-30(15)14-21(31)20-8-7-18-17-6-5-16-13-23(2,32)11-12-25(16,22(26)33-4)19(17)9-10-24(18,20)3/h16-20,22,32H,5-14H2,1-4H3/t16-,17+,18+,19+,20-,22-,23-,24+,25?/m1/s1. The summed E-state index contributed by atoms with van der Waals surface area (Å²) >= 11 is 0. The highest BCUT2D eigenvalue weighted by Gasteiger charge is 2.64. The van der Waals surface area contributed by atoms with Crippen LogP contribution in [-0.2, 0) is 16.1 Å². The number of fused-ring (bicyclic) bond motifs is 5. The van der Waals surface area contributed by atoms with Crippen LogP contribution >= 0.6 is 0 Å². The predicted octanol–water partition coefficient (Wildman–Crippen LogP) is 3.08. The van der Waals surface area contributed by atoms with Crippen molar-refractivity contribution in [3.63, 3.8) is 0 Å². The van der Waals surface area contributed by atoms with Gasteiger partial charge in [-0.15, -0.1) is 5.10 Å². The van der Waals surface area contributed by atoms with Crippen LogP contribution in [-0.4, -0.2) is 57.7 Å². The third-order valence-corrected chi connectivity index (χ3v) is 10.7. The van der Waals surface area contributed by atoms with E-state index in [1.165, 1.54) is 6.42 Å². The molecule has 2 radical (unpaired) electrons. The molecule has 0 spiro atoms. The molecule has 1 unspecified atom stereocenters. The Labute approximate surface area is 198 Å². The average Bonchev–Trinajstić information content (AvgIpc) is 3.34. The first-order valence-electron chi connectivity index (χ1n) is 12.9. The van der Waals surface area contributed by atoms with Crippen LogP contribution in [0.2, 0.25) is 0 Å². The molecule has 180 valence electrons. The van der Waals surface area contributed by atoms with Gasteiger partial charge >= 0.3 is 0 Å². The first-order chi connectivity index (χ1) is 15.6. The molecule has 8 heteroatoms. The van der Waals surface area contributed by atoms with Crippen molar-refractivity contribution in [1.29, 1.82) is 0 Å². The van der Waals surface area contributed by atoms with E-state index in [1.807, 2.05) is 13.8 Å². The summed E-state index contributed by atoms with van der Waals surface area (Å²) in [7, 11) is 8.49. The number of tetrazole rings is 1. The van der Waals surface area contributed by atoms with Crippen LogP contribution in [0.5, 0.6) is 0 Å². The molecule has 9 atom stereocenters. The molecule has 4 saturated carbocycles. The van der Waals surface area contributed by atoms with E-state index in [1.54, 1.807) is 11.8 Å². The monoisotopic (exact) mass is 454 g/mol. The Balaban J connectivity index is 1.41. The summed E-state index contributed by atoms with van der Waals surface area (Å²) in [6.45, 7) is 6.47. The topological polar surface area (TPSA) is 90.1 Å². The maximum Gasteiger partial charge on any atom is 0.158 e. The van der Waals surface area contributed by atoms with Gasteiger partial charge in [0.15, 0.2) is 5.78 Å². The Hall–Kier alpha value is -1.28. The van der Waals surface area contributed by atoms with Gasteiger partial charge in [-0.2, -0.15) is 0 Å². The molecule has 1 heterocycles. The van der Waals surface area contributed by atoms with E-state index in [-0.39, 0.29) is 35.1 Å². The van der Waals surface area contributed by atoms with Gasteiger partial charge < -0.3 is 9.84 Å². The number of hydrogen-bond donors (Lipinski definition) is 1. The highest BCUT2D eigenvalue weighted by molar-refractivity contribution is 6.11. The Morgan fingerprint density at radius 3 is 2.67 bits per heavy atom. The summed E-state index contributed by atoms with van der Waals surface area (Å²) in [5.41, 5.74) is -0.630. The molecular formula is C25H39BN4O3. The van der Waals surface area contributed by atoms with E-state index < -0.39 is 5.60 Å². The van der Waals surface area contributed by atoms with Crippen LogP contribution in [0.4, 0.5) is 0 Å². The number of carbonyl (C=O) groups is 1. The smallest absolute Gasteiger partial charge is 0.158 e. The molecule has 1 aromatic rings. The zero-order valence-electron chi connectivity index (χ0n) is 20.7. The largest absolute Gasteiger partial charge is 0.391 e. The fourth-order valence-corrected chi connectivity index (χ4v) is 9.11. The van der Waals surface area contributed by atoms with Gasteiger partial charge in [0.1, 0.15) is 20.2 Å². The van der Waals surface area contributed by atoms with Gasteiger partial charge in [0, 0.05) is 19.0 Å². The SMILES string of the molecule is [B][C@H](OC)C12CC[C@@](C)(O)C[C@H]1CC[C@@H]1[C@@H]2CC[C@]2(C)[C@@H](C(=O)Cn3nnnc3C)CC[C@@H]12. The molecule has 0 saturated heterocycles. The number of rotatable bonds is 5. The summed E-state index contributed by atoms with van der Waals surface area (Å²) in [6.07, 6.45) is 9.06. The lowest BCUT2D eigenvalue weighted by Crippen LogP contribution is -2.61. The summed E-state index contributed by atoms with van der Waals surface area (Å²) in [5.74, 6) is 3.08. The summed E-state index contributed by atoms with van der Waals surface area (Å²) < 4.78 is 7.49. The number of methoxy groups -OCH3 is 1. The van der Waals surface area contributed by atoms with E-state index >= 15 is 0 Å². The molecule has 0 aromatic carbocycles. The number of aliphatic hydroxyl groups is 1. The minimum Gasteiger partial charge on any atom is -0.391 e. The van der Waals surface area contributed by atoms with E-state index in [9.17, 15) is 9.90 Å². The highest BCUT2D eigenvalue weighted by Crippen LogP contribution is 2.69. The first-order valence-corrected chi connectivity index (χ1v) is 12.9. The molecule has 0 bridgehead atoms. The average molecular weight is 454 g/mol. The zero-order valence-corrected chi connectivity index (χ0v) is 20.7. The van der Waals surface area contributed by atoms with Gasteiger partial charge in [0.05, 0.1) is 5.60 Å². The zero-order chi connectivity index (χ0) is 23.6. The molecule has 1 N–H and O–H groups in total. The maximum absolute atomic E-state index is 13.4. The van der Waals surface area contributed by atoms with Crippen LogP contribution < -0.4 is 0 Å². The number of carbonyl (C=O) groups excluding carboxylic acids is 1. The van der Waals surface area contributed by atoms with Crippen LogP contribution in [0.25, 0.3) is 0 Å².